The molecule has 2 aromatic heterocycles. The van der Waals surface area contributed by atoms with Crippen LogP contribution in [0.25, 0.3) is 11.5 Å². The smallest absolute Gasteiger partial charge is 0.179 e. The fraction of sp³-hybridized carbons (Fsp3) is 0.462. The molecule has 0 aliphatic heterocycles. The van der Waals surface area contributed by atoms with E-state index in [0.29, 0.717) is 17.0 Å². The lowest BCUT2D eigenvalue weighted by atomic mass is 10.2. The number of nitrogens with zero attached hydrogens (tertiary/aromatic N) is 4. The average molecular weight is 265 g/mol. The maximum absolute atomic E-state index is 6.20. The molecule has 2 aromatic rings. The van der Waals surface area contributed by atoms with Gasteiger partial charge in [0.15, 0.2) is 5.82 Å². The summed E-state index contributed by atoms with van der Waals surface area (Å²) in [6.07, 6.45) is 4.41. The monoisotopic (exact) mass is 264 g/mol. The zero-order chi connectivity index (χ0) is 13.3. The number of aromatic nitrogens is 4. The Morgan fingerprint density at radius 2 is 2.06 bits per heavy atom. The molecule has 0 atom stereocenters. The van der Waals surface area contributed by atoms with Crippen LogP contribution < -0.4 is 0 Å². The molecule has 5 heteroatoms. The predicted octanol–water partition coefficient (Wildman–Crippen LogP) is 3.45. The highest BCUT2D eigenvalue weighted by Crippen LogP contribution is 2.24. The van der Waals surface area contributed by atoms with Gasteiger partial charge in [-0.05, 0) is 27.2 Å². The van der Waals surface area contributed by atoms with Gasteiger partial charge in [0.2, 0.25) is 0 Å². The van der Waals surface area contributed by atoms with E-state index < -0.39 is 0 Å². The molecule has 0 amide bonds. The molecule has 0 fully saturated rings. The van der Waals surface area contributed by atoms with Crippen molar-refractivity contribution in [2.24, 2.45) is 0 Å². The third-order valence-corrected chi connectivity index (χ3v) is 3.28. The first-order valence-corrected chi connectivity index (χ1v) is 6.47. The first-order valence-electron chi connectivity index (χ1n) is 6.09. The van der Waals surface area contributed by atoms with Crippen LogP contribution in [0.1, 0.15) is 38.1 Å². The van der Waals surface area contributed by atoms with E-state index in [1.165, 1.54) is 0 Å². The minimum Gasteiger partial charge on any atom is -0.325 e. The molecule has 0 aromatic carbocycles. The largest absolute Gasteiger partial charge is 0.325 e. The number of hydrogen-bond donors (Lipinski definition) is 0. The van der Waals surface area contributed by atoms with E-state index in [-0.39, 0.29) is 0 Å². The quantitative estimate of drug-likeness (QED) is 0.798. The van der Waals surface area contributed by atoms with E-state index in [1.54, 1.807) is 12.5 Å². The van der Waals surface area contributed by atoms with Gasteiger partial charge in [-0.1, -0.05) is 18.5 Å². The molecule has 0 radical (unpaired) electrons. The van der Waals surface area contributed by atoms with Gasteiger partial charge in [0.25, 0.3) is 0 Å². The van der Waals surface area contributed by atoms with Gasteiger partial charge >= 0.3 is 0 Å². The lowest BCUT2D eigenvalue weighted by Gasteiger charge is -2.12. The Kier molecular flexibility index (Phi) is 3.66. The molecule has 0 aliphatic rings. The van der Waals surface area contributed by atoms with Crippen molar-refractivity contribution in [2.75, 3.05) is 0 Å². The summed E-state index contributed by atoms with van der Waals surface area (Å²) in [6, 6.07) is 0.316. The lowest BCUT2D eigenvalue weighted by molar-refractivity contribution is 0.603. The first-order chi connectivity index (χ1) is 8.54. The average Bonchev–Trinajstić information content (AvgIpc) is 2.77. The van der Waals surface area contributed by atoms with Crippen molar-refractivity contribution < 1.29 is 0 Å². The summed E-state index contributed by atoms with van der Waals surface area (Å²) >= 11 is 6.20. The van der Waals surface area contributed by atoms with E-state index in [2.05, 4.69) is 35.7 Å². The summed E-state index contributed by atoms with van der Waals surface area (Å²) in [5, 5.41) is 0.538. The van der Waals surface area contributed by atoms with Gasteiger partial charge in [0.1, 0.15) is 10.8 Å². The summed E-state index contributed by atoms with van der Waals surface area (Å²) in [4.78, 5) is 13.1. The lowest BCUT2D eigenvalue weighted by Crippen LogP contribution is -2.05. The Bertz CT molecular complexity index is 537. The van der Waals surface area contributed by atoms with Crippen LogP contribution in [0.5, 0.6) is 0 Å². The van der Waals surface area contributed by atoms with E-state index in [0.717, 1.165) is 23.4 Å². The van der Waals surface area contributed by atoms with Gasteiger partial charge in [-0.2, -0.15) is 0 Å². The zero-order valence-corrected chi connectivity index (χ0v) is 11.9. The van der Waals surface area contributed by atoms with Gasteiger partial charge in [0.05, 0.1) is 12.5 Å². The second-order valence-corrected chi connectivity index (χ2v) is 4.89. The van der Waals surface area contributed by atoms with Crippen molar-refractivity contribution in [2.45, 2.75) is 40.2 Å². The molecule has 0 aliphatic carbocycles. The van der Waals surface area contributed by atoms with Crippen molar-refractivity contribution in [3.8, 4) is 11.5 Å². The van der Waals surface area contributed by atoms with Gasteiger partial charge in [-0.25, -0.2) is 15.0 Å². The molecule has 0 saturated carbocycles. The molecule has 18 heavy (non-hydrogen) atoms. The Hall–Kier alpha value is -1.42. The first kappa shape index (κ1) is 13.0. The summed E-state index contributed by atoms with van der Waals surface area (Å²) in [5.41, 5.74) is 2.85. The minimum absolute atomic E-state index is 0.316. The van der Waals surface area contributed by atoms with Gasteiger partial charge in [0, 0.05) is 17.3 Å². The van der Waals surface area contributed by atoms with Crippen LogP contribution >= 0.6 is 11.6 Å². The van der Waals surface area contributed by atoms with Crippen LogP contribution in [0.15, 0.2) is 12.5 Å². The van der Waals surface area contributed by atoms with Crippen LogP contribution in [0.2, 0.25) is 5.15 Å². The normalized spacial score (nSPS) is 11.2. The Morgan fingerprint density at radius 3 is 2.61 bits per heavy atom. The van der Waals surface area contributed by atoms with Crippen LogP contribution in [0, 0.1) is 6.92 Å². The van der Waals surface area contributed by atoms with Gasteiger partial charge < -0.3 is 4.57 Å². The van der Waals surface area contributed by atoms with E-state index in [9.17, 15) is 0 Å². The van der Waals surface area contributed by atoms with Crippen LogP contribution in [-0.2, 0) is 6.42 Å². The van der Waals surface area contributed by atoms with Crippen molar-refractivity contribution in [1.82, 2.24) is 19.5 Å². The molecule has 4 nitrogen and oxygen atoms in total. The number of hydrogen-bond acceptors (Lipinski definition) is 3. The van der Waals surface area contributed by atoms with Crippen LogP contribution in [-0.4, -0.2) is 19.5 Å². The molecule has 2 heterocycles. The van der Waals surface area contributed by atoms with E-state index in [4.69, 9.17) is 11.6 Å². The molecule has 96 valence electrons. The Balaban J connectivity index is 2.55. The maximum atomic E-state index is 6.20. The standard InChI is InChI=1S/C13H17ClN4/c1-5-10-9(4)16-13(17-12(10)14)11-6-15-7-18(11)8(2)3/h6-8H,5H2,1-4H3. The van der Waals surface area contributed by atoms with Crippen LogP contribution in [0.4, 0.5) is 0 Å². The second kappa shape index (κ2) is 5.06. The molecule has 0 N–H and O–H groups in total. The second-order valence-electron chi connectivity index (χ2n) is 4.54. The van der Waals surface area contributed by atoms with Gasteiger partial charge in [-0.3, -0.25) is 0 Å². The topological polar surface area (TPSA) is 43.6 Å². The number of halogens is 1. The van der Waals surface area contributed by atoms with Crippen LogP contribution in [0.3, 0.4) is 0 Å². The van der Waals surface area contributed by atoms with Crippen molar-refractivity contribution in [3.63, 3.8) is 0 Å². The molecular weight excluding hydrogens is 248 g/mol. The summed E-state index contributed by atoms with van der Waals surface area (Å²) in [5.74, 6) is 0.640. The third-order valence-electron chi connectivity index (χ3n) is 2.97. The summed E-state index contributed by atoms with van der Waals surface area (Å²) < 4.78 is 2.04. The summed E-state index contributed by atoms with van der Waals surface area (Å²) in [7, 11) is 0. The highest BCUT2D eigenvalue weighted by molar-refractivity contribution is 6.30. The SMILES string of the molecule is CCc1c(C)nc(-c2cncn2C(C)C)nc1Cl. The molecular formula is C13H17ClN4. The summed E-state index contributed by atoms with van der Waals surface area (Å²) in [6.45, 7) is 8.21. The highest BCUT2D eigenvalue weighted by Gasteiger charge is 2.14. The number of imidazole rings is 1. The van der Waals surface area contributed by atoms with Gasteiger partial charge in [-0.15, -0.1) is 0 Å². The minimum atomic E-state index is 0.316. The van der Waals surface area contributed by atoms with Crippen molar-refractivity contribution in [1.29, 1.82) is 0 Å². The predicted molar refractivity (Wildman–Crippen MR) is 72.8 cm³/mol. The molecule has 2 rings (SSSR count). The van der Waals surface area contributed by atoms with E-state index >= 15 is 0 Å². The number of rotatable bonds is 3. The molecule has 0 saturated heterocycles. The Labute approximate surface area is 112 Å². The highest BCUT2D eigenvalue weighted by atomic mass is 35.5. The zero-order valence-electron chi connectivity index (χ0n) is 11.1. The fourth-order valence-corrected chi connectivity index (χ4v) is 2.32. The molecule has 0 unspecified atom stereocenters. The third kappa shape index (κ3) is 2.25. The number of aryl methyl sites for hydroxylation is 1. The molecule has 0 spiro atoms. The fourth-order valence-electron chi connectivity index (χ4n) is 1.97. The maximum Gasteiger partial charge on any atom is 0.179 e. The van der Waals surface area contributed by atoms with E-state index in [1.807, 2.05) is 11.5 Å². The Morgan fingerprint density at radius 1 is 1.33 bits per heavy atom. The van der Waals surface area contributed by atoms with Crippen molar-refractivity contribution >= 4 is 11.6 Å². The molecule has 0 bridgehead atoms. The van der Waals surface area contributed by atoms with Crippen molar-refractivity contribution in [3.05, 3.63) is 28.9 Å².